The van der Waals surface area contributed by atoms with E-state index in [9.17, 15) is 22.8 Å². The van der Waals surface area contributed by atoms with Crippen molar-refractivity contribution in [3.63, 3.8) is 0 Å². The van der Waals surface area contributed by atoms with Crippen LogP contribution in [0.5, 0.6) is 0 Å². The molecule has 2 atom stereocenters. The summed E-state index contributed by atoms with van der Waals surface area (Å²) in [6.45, 7) is 1.95. The molecule has 1 heterocycles. The van der Waals surface area contributed by atoms with Gasteiger partial charge in [-0.15, -0.1) is 0 Å². The maximum Gasteiger partial charge on any atom is 0.261 e. The Hall–Kier alpha value is -2.30. The summed E-state index contributed by atoms with van der Waals surface area (Å²) in [6, 6.07) is 8.21. The van der Waals surface area contributed by atoms with Gasteiger partial charge in [-0.2, -0.15) is 8.42 Å². The summed E-state index contributed by atoms with van der Waals surface area (Å²) in [5.41, 5.74) is 0.966. The van der Waals surface area contributed by atoms with Crippen molar-refractivity contribution in [2.24, 2.45) is 0 Å². The minimum absolute atomic E-state index is 0.127. The fourth-order valence-corrected chi connectivity index (χ4v) is 2.49. The normalized spacial score (nSPS) is 18.1. The van der Waals surface area contributed by atoms with E-state index in [-0.39, 0.29) is 24.1 Å². The van der Waals surface area contributed by atoms with E-state index in [0.29, 0.717) is 12.8 Å². The predicted molar refractivity (Wildman–Crippen MR) is 99.2 cm³/mol. The number of likely N-dealkylation sites (N-methyl/N-ethyl adjacent to an activating group) is 1. The van der Waals surface area contributed by atoms with Gasteiger partial charge >= 0.3 is 0 Å². The highest BCUT2D eigenvalue weighted by Crippen LogP contribution is 2.19. The smallest absolute Gasteiger partial charge is 0.261 e. The molecule has 0 bridgehead atoms. The highest BCUT2D eigenvalue weighted by molar-refractivity contribution is 7.85. The van der Waals surface area contributed by atoms with Crippen LogP contribution in [-0.4, -0.2) is 72.9 Å². The molecule has 1 aliphatic heterocycles. The molecule has 1 aromatic carbocycles. The van der Waals surface area contributed by atoms with Gasteiger partial charge < -0.3 is 5.32 Å². The third kappa shape index (κ3) is 7.45. The van der Waals surface area contributed by atoms with Gasteiger partial charge in [-0.05, 0) is 26.6 Å². The van der Waals surface area contributed by atoms with E-state index in [0.717, 1.165) is 10.5 Å². The van der Waals surface area contributed by atoms with Crippen LogP contribution in [0, 0.1) is 0 Å². The van der Waals surface area contributed by atoms with E-state index < -0.39 is 22.2 Å². The van der Waals surface area contributed by atoms with Crippen molar-refractivity contribution in [3.8, 4) is 0 Å². The molecule has 0 saturated carbocycles. The third-order valence-electron chi connectivity index (χ3n) is 3.86. The van der Waals surface area contributed by atoms with Gasteiger partial charge in [-0.25, -0.2) is 0 Å². The largest absolute Gasteiger partial charge is 0.350 e. The average molecular weight is 399 g/mol. The number of imide groups is 1. The number of nitrogens with one attached hydrogen (secondary N) is 1. The lowest BCUT2D eigenvalue weighted by molar-refractivity contribution is -0.147. The lowest BCUT2D eigenvalue weighted by atomic mass is 10.2. The standard InChI is InChI=1S/C16H21N3O3.CH4O3S/c1-11(15(21)17-10-12-7-5-4-6-8-12)19-14(20)9-13(16(19)22)18(2)3;1-5(2,3)4/h4-8,11,13H,9-10H2,1-3H3,(H,17,21);1H3,(H,2,3,4)/t11-,13+;/m1./s1. The minimum atomic E-state index is -3.67. The molecule has 0 aromatic heterocycles. The van der Waals surface area contributed by atoms with E-state index in [2.05, 4.69) is 5.32 Å². The zero-order valence-electron chi connectivity index (χ0n) is 15.7. The second kappa shape index (κ2) is 9.58. The number of hydrogen-bond donors (Lipinski definition) is 2. The van der Waals surface area contributed by atoms with Gasteiger partial charge in [0.15, 0.2) is 0 Å². The lowest BCUT2D eigenvalue weighted by Crippen LogP contribution is -2.49. The van der Waals surface area contributed by atoms with Crippen molar-refractivity contribution in [2.45, 2.75) is 32.0 Å². The van der Waals surface area contributed by atoms with Gasteiger partial charge in [-0.3, -0.25) is 28.7 Å². The van der Waals surface area contributed by atoms with Gasteiger partial charge in [0.2, 0.25) is 17.7 Å². The van der Waals surface area contributed by atoms with Crippen LogP contribution in [0.15, 0.2) is 30.3 Å². The van der Waals surface area contributed by atoms with Gasteiger partial charge in [-0.1, -0.05) is 30.3 Å². The molecular weight excluding hydrogens is 374 g/mol. The van der Waals surface area contributed by atoms with Crippen molar-refractivity contribution in [1.29, 1.82) is 0 Å². The van der Waals surface area contributed by atoms with Crippen molar-refractivity contribution in [1.82, 2.24) is 15.1 Å². The molecule has 0 spiro atoms. The first-order chi connectivity index (χ1) is 12.4. The molecule has 1 aliphatic rings. The summed E-state index contributed by atoms with van der Waals surface area (Å²) in [4.78, 5) is 39.3. The summed E-state index contributed by atoms with van der Waals surface area (Å²) in [7, 11) is -0.168. The monoisotopic (exact) mass is 399 g/mol. The van der Waals surface area contributed by atoms with Crippen LogP contribution in [0.1, 0.15) is 18.9 Å². The molecule has 0 aliphatic carbocycles. The second-order valence-corrected chi connectivity index (χ2v) is 7.86. The first kappa shape index (κ1) is 22.7. The fraction of sp³-hybridized carbons (Fsp3) is 0.471. The molecule has 1 saturated heterocycles. The summed E-state index contributed by atoms with van der Waals surface area (Å²) < 4.78 is 25.9. The molecule has 10 heteroatoms. The highest BCUT2D eigenvalue weighted by atomic mass is 32.2. The number of nitrogens with zero attached hydrogens (tertiary/aromatic N) is 2. The topological polar surface area (TPSA) is 124 Å². The summed E-state index contributed by atoms with van der Waals surface area (Å²) in [5, 5.41) is 2.76. The molecule has 9 nitrogen and oxygen atoms in total. The number of rotatable bonds is 5. The van der Waals surface area contributed by atoms with Gasteiger partial charge in [0, 0.05) is 6.54 Å². The Morgan fingerprint density at radius 2 is 1.81 bits per heavy atom. The Kier molecular flexibility index (Phi) is 8.07. The quantitative estimate of drug-likeness (QED) is 0.523. The van der Waals surface area contributed by atoms with Gasteiger partial charge in [0.1, 0.15) is 6.04 Å². The first-order valence-electron chi connectivity index (χ1n) is 8.18. The number of amides is 3. The van der Waals surface area contributed by atoms with E-state index in [4.69, 9.17) is 4.55 Å². The Labute approximate surface area is 159 Å². The molecule has 1 aromatic rings. The Balaban J connectivity index is 0.000000646. The van der Waals surface area contributed by atoms with E-state index >= 15 is 0 Å². The van der Waals surface area contributed by atoms with E-state index in [1.54, 1.807) is 25.9 Å². The number of likely N-dealkylation sites (tertiary alicyclic amines) is 1. The number of carbonyl (C=O) groups is 3. The number of hydrogen-bond acceptors (Lipinski definition) is 6. The van der Waals surface area contributed by atoms with Crippen LogP contribution in [-0.2, 0) is 31.0 Å². The van der Waals surface area contributed by atoms with Crippen molar-refractivity contribution < 1.29 is 27.4 Å². The lowest BCUT2D eigenvalue weighted by Gasteiger charge is -2.23. The number of carbonyl (C=O) groups excluding carboxylic acids is 3. The van der Waals surface area contributed by atoms with Crippen LogP contribution >= 0.6 is 0 Å². The molecule has 2 N–H and O–H groups in total. The fourth-order valence-electron chi connectivity index (χ4n) is 2.49. The second-order valence-electron chi connectivity index (χ2n) is 6.40. The summed E-state index contributed by atoms with van der Waals surface area (Å²) >= 11 is 0. The Morgan fingerprint density at radius 1 is 1.30 bits per heavy atom. The van der Waals surface area contributed by atoms with Gasteiger partial charge in [0.25, 0.3) is 10.1 Å². The molecule has 1 fully saturated rings. The van der Waals surface area contributed by atoms with Crippen LogP contribution < -0.4 is 5.32 Å². The summed E-state index contributed by atoms with van der Waals surface area (Å²) in [6.07, 6.45) is 0.842. The predicted octanol–water partition coefficient (Wildman–Crippen LogP) is -0.116. The van der Waals surface area contributed by atoms with Gasteiger partial charge in [0.05, 0.1) is 18.7 Å². The highest BCUT2D eigenvalue weighted by Gasteiger charge is 2.43. The van der Waals surface area contributed by atoms with Crippen LogP contribution in [0.4, 0.5) is 0 Å². The van der Waals surface area contributed by atoms with Crippen LogP contribution in [0.25, 0.3) is 0 Å². The number of benzene rings is 1. The van der Waals surface area contributed by atoms with E-state index in [1.807, 2.05) is 30.3 Å². The molecule has 2 rings (SSSR count). The Bertz CT molecular complexity index is 771. The maximum absolute atomic E-state index is 12.3. The summed E-state index contributed by atoms with van der Waals surface area (Å²) in [5.74, 6) is -0.937. The molecule has 3 amide bonds. The molecule has 0 unspecified atom stereocenters. The van der Waals surface area contributed by atoms with E-state index in [1.165, 1.54) is 0 Å². The maximum atomic E-state index is 12.3. The zero-order valence-corrected chi connectivity index (χ0v) is 16.6. The van der Waals surface area contributed by atoms with Crippen molar-refractivity contribution in [3.05, 3.63) is 35.9 Å². The molecule has 150 valence electrons. The van der Waals surface area contributed by atoms with Crippen molar-refractivity contribution >= 4 is 27.8 Å². The first-order valence-corrected chi connectivity index (χ1v) is 10.0. The molecule has 0 radical (unpaired) electrons. The Morgan fingerprint density at radius 3 is 2.26 bits per heavy atom. The van der Waals surface area contributed by atoms with Crippen LogP contribution in [0.2, 0.25) is 0 Å². The average Bonchev–Trinajstić information content (AvgIpc) is 2.86. The van der Waals surface area contributed by atoms with Crippen molar-refractivity contribution in [2.75, 3.05) is 20.4 Å². The van der Waals surface area contributed by atoms with Crippen LogP contribution in [0.3, 0.4) is 0 Å². The molecule has 27 heavy (non-hydrogen) atoms. The third-order valence-corrected chi connectivity index (χ3v) is 3.86. The molecular formula is C17H25N3O6S. The SMILES string of the molecule is CS(=O)(=O)O.C[C@H](C(=O)NCc1ccccc1)N1C(=O)C[C@H](N(C)C)C1=O. The minimum Gasteiger partial charge on any atom is -0.350 e. The zero-order chi connectivity index (χ0) is 20.8.